The van der Waals surface area contributed by atoms with Crippen molar-refractivity contribution in [3.63, 3.8) is 0 Å². The number of rotatable bonds is 8. The predicted molar refractivity (Wildman–Crippen MR) is 68.5 cm³/mol. The summed E-state index contributed by atoms with van der Waals surface area (Å²) in [6.07, 6.45) is 8.08. The Labute approximate surface area is 98.7 Å². The number of hydrogen-bond acceptors (Lipinski definition) is 2. The van der Waals surface area contributed by atoms with Gasteiger partial charge in [0.15, 0.2) is 0 Å². The first-order chi connectivity index (χ1) is 7.72. The molecule has 1 aromatic heterocycles. The maximum absolute atomic E-state index is 5.31. The number of hydrogen-bond donors (Lipinski definition) is 1. The van der Waals surface area contributed by atoms with Gasteiger partial charge in [0.1, 0.15) is 5.76 Å². The summed E-state index contributed by atoms with van der Waals surface area (Å²) in [6.45, 7) is 8.20. The highest BCUT2D eigenvalue weighted by atomic mass is 16.3. The van der Waals surface area contributed by atoms with Crippen LogP contribution in [0.15, 0.2) is 35.5 Å². The molecule has 2 unspecified atom stereocenters. The lowest BCUT2D eigenvalue weighted by atomic mass is 10.1. The average molecular weight is 221 g/mol. The lowest BCUT2D eigenvalue weighted by molar-refractivity contribution is 0.413. The first-order valence-corrected chi connectivity index (χ1v) is 6.11. The monoisotopic (exact) mass is 221 g/mol. The summed E-state index contributed by atoms with van der Waals surface area (Å²) in [5, 5.41) is 3.59. The Balaban J connectivity index is 2.14. The second kappa shape index (κ2) is 7.29. The van der Waals surface area contributed by atoms with Gasteiger partial charge >= 0.3 is 0 Å². The molecule has 1 rings (SSSR count). The summed E-state index contributed by atoms with van der Waals surface area (Å²) in [5.41, 5.74) is 0. The van der Waals surface area contributed by atoms with E-state index < -0.39 is 0 Å². The van der Waals surface area contributed by atoms with E-state index in [0.29, 0.717) is 12.1 Å². The van der Waals surface area contributed by atoms with Crippen molar-refractivity contribution in [1.82, 2.24) is 5.32 Å². The van der Waals surface area contributed by atoms with Gasteiger partial charge in [-0.15, -0.1) is 6.58 Å². The molecule has 16 heavy (non-hydrogen) atoms. The summed E-state index contributed by atoms with van der Waals surface area (Å²) in [5.74, 6) is 1.08. The minimum absolute atomic E-state index is 0.532. The Hall–Kier alpha value is -1.02. The van der Waals surface area contributed by atoms with E-state index in [2.05, 4.69) is 25.7 Å². The summed E-state index contributed by atoms with van der Waals surface area (Å²) >= 11 is 0. The fraction of sp³-hybridized carbons (Fsp3) is 0.571. The van der Waals surface area contributed by atoms with Crippen molar-refractivity contribution in [1.29, 1.82) is 0 Å². The molecule has 0 fully saturated rings. The van der Waals surface area contributed by atoms with Gasteiger partial charge in [0.2, 0.25) is 0 Å². The summed E-state index contributed by atoms with van der Waals surface area (Å²) in [4.78, 5) is 0. The van der Waals surface area contributed by atoms with Crippen molar-refractivity contribution in [3.05, 3.63) is 36.8 Å². The fourth-order valence-corrected chi connectivity index (χ4v) is 1.83. The normalized spacial score (nSPS) is 14.6. The number of allylic oxidation sites excluding steroid dienone is 1. The van der Waals surface area contributed by atoms with Crippen molar-refractivity contribution in [2.75, 3.05) is 0 Å². The van der Waals surface area contributed by atoms with Gasteiger partial charge in [-0.2, -0.15) is 0 Å². The zero-order valence-corrected chi connectivity index (χ0v) is 10.4. The van der Waals surface area contributed by atoms with Crippen LogP contribution < -0.4 is 5.32 Å². The van der Waals surface area contributed by atoms with E-state index >= 15 is 0 Å². The molecule has 1 aromatic rings. The molecule has 90 valence electrons. The van der Waals surface area contributed by atoms with Gasteiger partial charge in [-0.25, -0.2) is 0 Å². The van der Waals surface area contributed by atoms with Gasteiger partial charge in [0.05, 0.1) is 6.26 Å². The number of aryl methyl sites for hydroxylation is 1. The minimum Gasteiger partial charge on any atom is -0.469 e. The van der Waals surface area contributed by atoms with E-state index in [1.165, 1.54) is 0 Å². The van der Waals surface area contributed by atoms with Crippen LogP contribution in [0.5, 0.6) is 0 Å². The smallest absolute Gasteiger partial charge is 0.103 e. The second-order valence-electron chi connectivity index (χ2n) is 4.45. The molecule has 0 spiro atoms. The summed E-state index contributed by atoms with van der Waals surface area (Å²) in [7, 11) is 0. The molecule has 1 heterocycles. The predicted octanol–water partition coefficient (Wildman–Crippen LogP) is 3.55. The van der Waals surface area contributed by atoms with Crippen molar-refractivity contribution in [2.45, 2.75) is 51.6 Å². The van der Waals surface area contributed by atoms with Crippen LogP contribution >= 0.6 is 0 Å². The lowest BCUT2D eigenvalue weighted by Crippen LogP contribution is -2.34. The van der Waals surface area contributed by atoms with Crippen LogP contribution in [0.2, 0.25) is 0 Å². The van der Waals surface area contributed by atoms with Gasteiger partial charge in [0, 0.05) is 18.5 Å². The third kappa shape index (κ3) is 5.17. The van der Waals surface area contributed by atoms with Crippen LogP contribution in [0, 0.1) is 0 Å². The quantitative estimate of drug-likeness (QED) is 0.679. The molecule has 0 aliphatic rings. The Morgan fingerprint density at radius 2 is 2.12 bits per heavy atom. The summed E-state index contributed by atoms with van der Waals surface area (Å²) in [6, 6.07) is 5.07. The molecular weight excluding hydrogens is 198 g/mol. The van der Waals surface area contributed by atoms with Crippen LogP contribution in [0.3, 0.4) is 0 Å². The highest BCUT2D eigenvalue weighted by Gasteiger charge is 2.07. The topological polar surface area (TPSA) is 25.2 Å². The highest BCUT2D eigenvalue weighted by Crippen LogP contribution is 2.07. The van der Waals surface area contributed by atoms with Gasteiger partial charge in [0.25, 0.3) is 0 Å². The first kappa shape index (κ1) is 13.0. The molecule has 0 aliphatic carbocycles. The molecule has 0 aliphatic heterocycles. The fourth-order valence-electron chi connectivity index (χ4n) is 1.83. The Kier molecular flexibility index (Phi) is 5.94. The molecule has 0 amide bonds. The zero-order chi connectivity index (χ0) is 11.8. The molecule has 0 radical (unpaired) electrons. The molecule has 2 nitrogen and oxygen atoms in total. The average Bonchev–Trinajstić information content (AvgIpc) is 2.76. The van der Waals surface area contributed by atoms with Crippen molar-refractivity contribution in [2.24, 2.45) is 0 Å². The largest absolute Gasteiger partial charge is 0.469 e. The minimum atomic E-state index is 0.532. The number of furan rings is 1. The third-order valence-electron chi connectivity index (χ3n) is 2.78. The van der Waals surface area contributed by atoms with Gasteiger partial charge in [-0.05, 0) is 45.2 Å². The SMILES string of the molecule is C=CCCC(C)NC(C)CCc1ccco1. The maximum Gasteiger partial charge on any atom is 0.103 e. The van der Waals surface area contributed by atoms with Gasteiger partial charge in [-0.1, -0.05) is 6.08 Å². The Morgan fingerprint density at radius 3 is 2.75 bits per heavy atom. The second-order valence-corrected chi connectivity index (χ2v) is 4.45. The molecule has 0 bridgehead atoms. The molecule has 1 N–H and O–H groups in total. The lowest BCUT2D eigenvalue weighted by Gasteiger charge is -2.19. The van der Waals surface area contributed by atoms with Gasteiger partial charge in [-0.3, -0.25) is 0 Å². The highest BCUT2D eigenvalue weighted by molar-refractivity contribution is 4.98. The Bertz CT molecular complexity index is 279. The van der Waals surface area contributed by atoms with Crippen LogP contribution in [0.25, 0.3) is 0 Å². The zero-order valence-electron chi connectivity index (χ0n) is 10.4. The van der Waals surface area contributed by atoms with Crippen molar-refractivity contribution < 1.29 is 4.42 Å². The van der Waals surface area contributed by atoms with E-state index in [1.54, 1.807) is 6.26 Å². The maximum atomic E-state index is 5.31. The number of nitrogens with one attached hydrogen (secondary N) is 1. The van der Waals surface area contributed by atoms with E-state index in [9.17, 15) is 0 Å². The molecular formula is C14H23NO. The molecule has 0 aromatic carbocycles. The van der Waals surface area contributed by atoms with Crippen LogP contribution in [-0.2, 0) is 6.42 Å². The standard InChI is InChI=1S/C14H23NO/c1-4-5-7-12(2)15-13(3)9-10-14-8-6-11-16-14/h4,6,8,11-13,15H,1,5,7,9-10H2,2-3H3. The van der Waals surface area contributed by atoms with Crippen LogP contribution in [-0.4, -0.2) is 12.1 Å². The molecule has 2 heteroatoms. The van der Waals surface area contributed by atoms with E-state index in [1.807, 2.05) is 18.2 Å². The third-order valence-corrected chi connectivity index (χ3v) is 2.78. The molecule has 0 saturated carbocycles. The van der Waals surface area contributed by atoms with Crippen molar-refractivity contribution >= 4 is 0 Å². The molecule has 0 saturated heterocycles. The van der Waals surface area contributed by atoms with Crippen molar-refractivity contribution in [3.8, 4) is 0 Å². The van der Waals surface area contributed by atoms with Crippen LogP contribution in [0.1, 0.15) is 38.9 Å². The molecule has 2 atom stereocenters. The van der Waals surface area contributed by atoms with E-state index in [0.717, 1.165) is 31.4 Å². The van der Waals surface area contributed by atoms with Gasteiger partial charge < -0.3 is 9.73 Å². The van der Waals surface area contributed by atoms with E-state index in [4.69, 9.17) is 4.42 Å². The Morgan fingerprint density at radius 1 is 1.38 bits per heavy atom. The van der Waals surface area contributed by atoms with E-state index in [-0.39, 0.29) is 0 Å². The first-order valence-electron chi connectivity index (χ1n) is 6.11. The summed E-state index contributed by atoms with van der Waals surface area (Å²) < 4.78 is 5.31. The van der Waals surface area contributed by atoms with Crippen LogP contribution in [0.4, 0.5) is 0 Å².